The zero-order valence-electron chi connectivity index (χ0n) is 15.3. The third kappa shape index (κ3) is 2.69. The van der Waals surface area contributed by atoms with E-state index in [9.17, 15) is 8.42 Å². The maximum Gasteiger partial charge on any atom is 0.240 e. The summed E-state index contributed by atoms with van der Waals surface area (Å²) in [4.78, 5) is 0.382. The van der Waals surface area contributed by atoms with E-state index in [1.54, 1.807) is 12.1 Å². The first-order chi connectivity index (χ1) is 12.4. The molecule has 4 fully saturated rings. The molecule has 1 atom stereocenters. The zero-order chi connectivity index (χ0) is 17.9. The molecule has 4 aliphatic carbocycles. The fourth-order valence-corrected chi connectivity index (χ4v) is 7.85. The van der Waals surface area contributed by atoms with E-state index < -0.39 is 10.0 Å². The Labute approximate surface area is 156 Å². The molecule has 26 heavy (non-hydrogen) atoms. The molecule has 0 saturated heterocycles. The van der Waals surface area contributed by atoms with Gasteiger partial charge < -0.3 is 0 Å². The molecule has 6 rings (SSSR count). The van der Waals surface area contributed by atoms with Crippen molar-refractivity contribution in [2.24, 2.45) is 23.2 Å². The van der Waals surface area contributed by atoms with Gasteiger partial charge in [-0.2, -0.15) is 0 Å². The maximum absolute atomic E-state index is 13.1. The standard InChI is InChI=1S/C22H27NO2S/c1-15(22-12-16-8-17(13-22)10-18(9-16)14-22)23-26(24,25)21-7-6-19-4-2-3-5-20(19)11-21/h2-7,11,15-18,23H,8-10,12-14H2,1H3. The summed E-state index contributed by atoms with van der Waals surface area (Å²) < 4.78 is 29.2. The van der Waals surface area contributed by atoms with Crippen molar-refractivity contribution in [3.05, 3.63) is 42.5 Å². The van der Waals surface area contributed by atoms with Gasteiger partial charge in [-0.25, -0.2) is 13.1 Å². The van der Waals surface area contributed by atoms with Crippen LogP contribution in [0.2, 0.25) is 0 Å². The summed E-state index contributed by atoms with van der Waals surface area (Å²) in [6.45, 7) is 2.10. The van der Waals surface area contributed by atoms with Crippen LogP contribution in [-0.4, -0.2) is 14.5 Å². The van der Waals surface area contributed by atoms with Gasteiger partial charge in [-0.05, 0) is 91.5 Å². The monoisotopic (exact) mass is 369 g/mol. The van der Waals surface area contributed by atoms with E-state index in [4.69, 9.17) is 0 Å². The minimum Gasteiger partial charge on any atom is -0.208 e. The van der Waals surface area contributed by atoms with Crippen molar-refractivity contribution in [1.82, 2.24) is 4.72 Å². The van der Waals surface area contributed by atoms with E-state index in [-0.39, 0.29) is 11.5 Å². The molecule has 4 aliphatic rings. The topological polar surface area (TPSA) is 46.2 Å². The molecule has 4 saturated carbocycles. The van der Waals surface area contributed by atoms with E-state index in [0.29, 0.717) is 4.90 Å². The third-order valence-electron chi connectivity index (χ3n) is 7.37. The highest BCUT2D eigenvalue weighted by molar-refractivity contribution is 7.89. The lowest BCUT2D eigenvalue weighted by Gasteiger charge is -2.59. The molecule has 0 aromatic heterocycles. The second-order valence-electron chi connectivity index (χ2n) is 9.13. The van der Waals surface area contributed by atoms with Crippen molar-refractivity contribution in [2.75, 3.05) is 0 Å². The Bertz CT molecular complexity index is 914. The second-order valence-corrected chi connectivity index (χ2v) is 10.8. The maximum atomic E-state index is 13.1. The van der Waals surface area contributed by atoms with Gasteiger partial charge in [-0.3, -0.25) is 0 Å². The van der Waals surface area contributed by atoms with E-state index >= 15 is 0 Å². The molecule has 3 nitrogen and oxygen atoms in total. The predicted octanol–water partition coefficient (Wildman–Crippen LogP) is 4.72. The van der Waals surface area contributed by atoms with Gasteiger partial charge in [0.2, 0.25) is 10.0 Å². The third-order valence-corrected chi connectivity index (χ3v) is 8.91. The summed E-state index contributed by atoms with van der Waals surface area (Å²) in [5, 5.41) is 2.04. The van der Waals surface area contributed by atoms with Gasteiger partial charge >= 0.3 is 0 Å². The first-order valence-electron chi connectivity index (χ1n) is 9.95. The lowest BCUT2D eigenvalue weighted by atomic mass is 9.48. The van der Waals surface area contributed by atoms with Gasteiger partial charge in [-0.1, -0.05) is 30.3 Å². The first kappa shape index (κ1) is 16.8. The van der Waals surface area contributed by atoms with Gasteiger partial charge in [0.15, 0.2) is 0 Å². The van der Waals surface area contributed by atoms with Crippen LogP contribution in [0.5, 0.6) is 0 Å². The molecule has 1 N–H and O–H groups in total. The van der Waals surface area contributed by atoms with Crippen LogP contribution in [0.1, 0.15) is 45.4 Å². The van der Waals surface area contributed by atoms with Crippen LogP contribution in [0.4, 0.5) is 0 Å². The van der Waals surface area contributed by atoms with E-state index in [0.717, 1.165) is 28.5 Å². The van der Waals surface area contributed by atoms with Gasteiger partial charge in [0.05, 0.1) is 4.90 Å². The molecule has 0 amide bonds. The molecule has 0 radical (unpaired) electrons. The highest BCUT2D eigenvalue weighted by Crippen LogP contribution is 2.61. The van der Waals surface area contributed by atoms with Crippen molar-refractivity contribution in [1.29, 1.82) is 0 Å². The Morgan fingerprint density at radius 1 is 0.923 bits per heavy atom. The molecule has 4 heteroatoms. The Morgan fingerprint density at radius 2 is 1.50 bits per heavy atom. The number of fused-ring (bicyclic) bond motifs is 1. The number of nitrogens with one attached hydrogen (secondary N) is 1. The fraction of sp³-hybridized carbons (Fsp3) is 0.545. The van der Waals surface area contributed by atoms with Crippen LogP contribution in [0.15, 0.2) is 47.4 Å². The summed E-state index contributed by atoms with van der Waals surface area (Å²) in [7, 11) is -3.49. The summed E-state index contributed by atoms with van der Waals surface area (Å²) in [6, 6.07) is 13.3. The van der Waals surface area contributed by atoms with Crippen molar-refractivity contribution in [3.8, 4) is 0 Å². The molecule has 2 aromatic carbocycles. The zero-order valence-corrected chi connectivity index (χ0v) is 16.1. The minimum absolute atomic E-state index is 0.00682. The van der Waals surface area contributed by atoms with Crippen molar-refractivity contribution >= 4 is 20.8 Å². The molecule has 0 spiro atoms. The lowest BCUT2D eigenvalue weighted by Crippen LogP contribution is -2.55. The number of rotatable bonds is 4. The lowest BCUT2D eigenvalue weighted by molar-refractivity contribution is -0.0666. The molecule has 0 aliphatic heterocycles. The summed E-state index contributed by atoms with van der Waals surface area (Å²) in [5.41, 5.74) is 0.179. The molecule has 4 bridgehead atoms. The second kappa shape index (κ2) is 5.80. The molecule has 0 heterocycles. The number of hydrogen-bond donors (Lipinski definition) is 1. The number of sulfonamides is 1. The molecule has 1 unspecified atom stereocenters. The molecule has 138 valence electrons. The van der Waals surface area contributed by atoms with Crippen LogP contribution in [0.25, 0.3) is 10.8 Å². The van der Waals surface area contributed by atoms with Crippen molar-refractivity contribution < 1.29 is 8.42 Å². The van der Waals surface area contributed by atoms with Gasteiger partial charge in [0, 0.05) is 6.04 Å². The Hall–Kier alpha value is -1.39. The summed E-state index contributed by atoms with van der Waals surface area (Å²) >= 11 is 0. The average molecular weight is 370 g/mol. The van der Waals surface area contributed by atoms with Crippen LogP contribution < -0.4 is 4.72 Å². The van der Waals surface area contributed by atoms with Crippen molar-refractivity contribution in [2.45, 2.75) is 56.4 Å². The van der Waals surface area contributed by atoms with Crippen molar-refractivity contribution in [3.63, 3.8) is 0 Å². The number of benzene rings is 2. The minimum atomic E-state index is -3.49. The van der Waals surface area contributed by atoms with Gasteiger partial charge in [0.25, 0.3) is 0 Å². The Kier molecular flexibility index (Phi) is 3.74. The van der Waals surface area contributed by atoms with E-state index in [2.05, 4.69) is 11.6 Å². The molecular formula is C22H27NO2S. The largest absolute Gasteiger partial charge is 0.240 e. The van der Waals surface area contributed by atoms with Crippen LogP contribution in [-0.2, 0) is 10.0 Å². The SMILES string of the molecule is CC(NS(=O)(=O)c1ccc2ccccc2c1)C12CC3CC(CC(C3)C1)C2. The predicted molar refractivity (Wildman–Crippen MR) is 104 cm³/mol. The van der Waals surface area contributed by atoms with Gasteiger partial charge in [-0.15, -0.1) is 0 Å². The number of hydrogen-bond acceptors (Lipinski definition) is 2. The van der Waals surface area contributed by atoms with Gasteiger partial charge in [0.1, 0.15) is 0 Å². The normalized spacial score (nSPS) is 34.3. The highest BCUT2D eigenvalue weighted by Gasteiger charge is 2.53. The fourth-order valence-electron chi connectivity index (χ4n) is 6.47. The summed E-state index contributed by atoms with van der Waals surface area (Å²) in [5.74, 6) is 2.48. The Morgan fingerprint density at radius 3 is 2.12 bits per heavy atom. The van der Waals surface area contributed by atoms with Crippen LogP contribution in [0, 0.1) is 23.2 Å². The Balaban J connectivity index is 1.42. The molecular weight excluding hydrogens is 342 g/mol. The summed E-state index contributed by atoms with van der Waals surface area (Å²) in [6.07, 6.45) is 7.76. The van der Waals surface area contributed by atoms with E-state index in [1.165, 1.54) is 38.5 Å². The average Bonchev–Trinajstić information content (AvgIpc) is 2.60. The van der Waals surface area contributed by atoms with E-state index in [1.807, 2.05) is 30.3 Å². The quantitative estimate of drug-likeness (QED) is 0.847. The smallest absolute Gasteiger partial charge is 0.208 e. The first-order valence-corrected chi connectivity index (χ1v) is 11.4. The molecule has 2 aromatic rings. The van der Waals surface area contributed by atoms with Crippen LogP contribution >= 0.6 is 0 Å². The highest BCUT2D eigenvalue weighted by atomic mass is 32.2. The van der Waals surface area contributed by atoms with Crippen LogP contribution in [0.3, 0.4) is 0 Å².